The molecular formula is C13H28O. The van der Waals surface area contributed by atoms with Crippen molar-refractivity contribution in [2.75, 3.05) is 6.61 Å². The fourth-order valence-corrected chi connectivity index (χ4v) is 2.67. The molecule has 1 nitrogen and oxygen atoms in total. The zero-order chi connectivity index (χ0) is 11.0. The Morgan fingerprint density at radius 1 is 1.07 bits per heavy atom. The molecule has 1 atom stereocenters. The molecule has 0 aromatic carbocycles. The van der Waals surface area contributed by atoms with Gasteiger partial charge in [-0.25, -0.2) is 0 Å². The quantitative estimate of drug-likeness (QED) is 0.628. The molecule has 0 amide bonds. The smallest absolute Gasteiger partial charge is 0.0489 e. The minimum Gasteiger partial charge on any atom is -0.396 e. The molecule has 0 spiro atoms. The predicted molar refractivity (Wildman–Crippen MR) is 63.4 cm³/mol. The summed E-state index contributed by atoms with van der Waals surface area (Å²) in [4.78, 5) is 0. The van der Waals surface area contributed by atoms with Gasteiger partial charge in [0.25, 0.3) is 0 Å². The van der Waals surface area contributed by atoms with E-state index in [-0.39, 0.29) is 5.41 Å². The Morgan fingerprint density at radius 2 is 1.64 bits per heavy atom. The summed E-state index contributed by atoms with van der Waals surface area (Å²) < 4.78 is 0. The highest BCUT2D eigenvalue weighted by Crippen LogP contribution is 2.40. The molecule has 0 rings (SSSR count). The van der Waals surface area contributed by atoms with Gasteiger partial charge in [0.2, 0.25) is 0 Å². The van der Waals surface area contributed by atoms with Gasteiger partial charge in [-0.1, -0.05) is 53.4 Å². The van der Waals surface area contributed by atoms with Gasteiger partial charge in [-0.2, -0.15) is 0 Å². The number of aliphatic hydroxyl groups excluding tert-OH is 1. The van der Waals surface area contributed by atoms with Crippen LogP contribution in [0.4, 0.5) is 0 Å². The summed E-state index contributed by atoms with van der Waals surface area (Å²) in [6, 6.07) is 0. The van der Waals surface area contributed by atoms with E-state index in [9.17, 15) is 5.11 Å². The summed E-state index contributed by atoms with van der Waals surface area (Å²) in [6.45, 7) is 9.32. The fourth-order valence-electron chi connectivity index (χ4n) is 2.67. The van der Waals surface area contributed by atoms with Crippen LogP contribution in [-0.2, 0) is 0 Å². The van der Waals surface area contributed by atoms with Gasteiger partial charge in [-0.15, -0.1) is 0 Å². The van der Waals surface area contributed by atoms with Crippen LogP contribution < -0.4 is 0 Å². The number of unbranched alkanes of at least 4 members (excludes halogenated alkanes) is 1. The van der Waals surface area contributed by atoms with Gasteiger partial charge >= 0.3 is 0 Å². The van der Waals surface area contributed by atoms with E-state index in [1.807, 2.05) is 0 Å². The summed E-state index contributed by atoms with van der Waals surface area (Å²) in [5.41, 5.74) is 0.208. The van der Waals surface area contributed by atoms with Crippen molar-refractivity contribution >= 4 is 0 Å². The van der Waals surface area contributed by atoms with Crippen LogP contribution in [0.1, 0.15) is 66.2 Å². The summed E-state index contributed by atoms with van der Waals surface area (Å²) in [6.07, 6.45) is 7.22. The second-order valence-corrected chi connectivity index (χ2v) is 4.49. The van der Waals surface area contributed by atoms with Crippen molar-refractivity contribution in [3.8, 4) is 0 Å². The van der Waals surface area contributed by atoms with Crippen molar-refractivity contribution in [3.05, 3.63) is 0 Å². The highest BCUT2D eigenvalue weighted by Gasteiger charge is 2.33. The van der Waals surface area contributed by atoms with E-state index < -0.39 is 0 Å². The molecule has 0 saturated carbocycles. The first-order chi connectivity index (χ1) is 6.70. The minimum atomic E-state index is 0.208. The molecule has 86 valence electrons. The maximum absolute atomic E-state index is 9.64. The lowest BCUT2D eigenvalue weighted by atomic mass is 9.68. The molecular weight excluding hydrogens is 172 g/mol. The normalized spacial score (nSPS) is 15.9. The Labute approximate surface area is 89.9 Å². The Hall–Kier alpha value is -0.0400. The van der Waals surface area contributed by atoms with Gasteiger partial charge in [0.1, 0.15) is 0 Å². The topological polar surface area (TPSA) is 20.2 Å². The van der Waals surface area contributed by atoms with Crippen LogP contribution in [0, 0.1) is 11.3 Å². The van der Waals surface area contributed by atoms with Crippen molar-refractivity contribution in [1.29, 1.82) is 0 Å². The lowest BCUT2D eigenvalue weighted by Crippen LogP contribution is -2.33. The van der Waals surface area contributed by atoms with Gasteiger partial charge in [-0.05, 0) is 24.2 Å². The fraction of sp³-hybridized carbons (Fsp3) is 1.00. The number of hydrogen-bond acceptors (Lipinski definition) is 1. The summed E-state index contributed by atoms with van der Waals surface area (Å²) >= 11 is 0. The maximum atomic E-state index is 9.64. The summed E-state index contributed by atoms with van der Waals surface area (Å²) in [5.74, 6) is 0.698. The zero-order valence-corrected chi connectivity index (χ0v) is 10.5. The third-order valence-corrected chi connectivity index (χ3v) is 3.90. The molecule has 0 aliphatic rings. The first-order valence-electron chi connectivity index (χ1n) is 6.31. The number of rotatable bonds is 8. The Kier molecular flexibility index (Phi) is 7.26. The van der Waals surface area contributed by atoms with Gasteiger partial charge in [0, 0.05) is 6.61 Å². The molecule has 0 aromatic rings. The molecule has 0 fully saturated rings. The molecule has 0 heterocycles. The molecule has 0 aromatic heterocycles. The molecule has 1 unspecified atom stereocenters. The molecule has 0 saturated heterocycles. The predicted octanol–water partition coefficient (Wildman–Crippen LogP) is 4.00. The van der Waals surface area contributed by atoms with Crippen LogP contribution in [0.25, 0.3) is 0 Å². The highest BCUT2D eigenvalue weighted by molar-refractivity contribution is 4.83. The Bertz CT molecular complexity index is 123. The molecule has 0 radical (unpaired) electrons. The molecule has 1 N–H and O–H groups in total. The molecule has 0 bridgehead atoms. The monoisotopic (exact) mass is 200 g/mol. The van der Waals surface area contributed by atoms with Gasteiger partial charge in [-0.3, -0.25) is 0 Å². The van der Waals surface area contributed by atoms with Gasteiger partial charge in [0.15, 0.2) is 0 Å². The standard InChI is InChI=1S/C13H28O/c1-5-9-10-13(8-4,11-14)12(6-2)7-3/h12,14H,5-11H2,1-4H3. The third-order valence-electron chi connectivity index (χ3n) is 3.90. The van der Waals surface area contributed by atoms with Crippen LogP contribution in [0.3, 0.4) is 0 Å². The van der Waals surface area contributed by atoms with Crippen LogP contribution in [0.5, 0.6) is 0 Å². The lowest BCUT2D eigenvalue weighted by Gasteiger charge is -2.38. The summed E-state index contributed by atoms with van der Waals surface area (Å²) in [5, 5.41) is 9.64. The maximum Gasteiger partial charge on any atom is 0.0489 e. The molecule has 0 aliphatic carbocycles. The number of hydrogen-bond donors (Lipinski definition) is 1. The van der Waals surface area contributed by atoms with Crippen molar-refractivity contribution in [2.45, 2.75) is 66.2 Å². The zero-order valence-electron chi connectivity index (χ0n) is 10.5. The van der Waals surface area contributed by atoms with Crippen molar-refractivity contribution in [3.63, 3.8) is 0 Å². The van der Waals surface area contributed by atoms with Crippen molar-refractivity contribution in [1.82, 2.24) is 0 Å². The Morgan fingerprint density at radius 3 is 1.93 bits per heavy atom. The van der Waals surface area contributed by atoms with Crippen LogP contribution >= 0.6 is 0 Å². The average Bonchev–Trinajstić information content (AvgIpc) is 2.24. The molecule has 0 aliphatic heterocycles. The first kappa shape index (κ1) is 14.0. The van der Waals surface area contributed by atoms with Crippen LogP contribution in [0.15, 0.2) is 0 Å². The van der Waals surface area contributed by atoms with E-state index in [4.69, 9.17) is 0 Å². The van der Waals surface area contributed by atoms with E-state index in [2.05, 4.69) is 27.7 Å². The number of aliphatic hydroxyl groups is 1. The van der Waals surface area contributed by atoms with E-state index in [0.717, 1.165) is 6.42 Å². The van der Waals surface area contributed by atoms with Gasteiger partial charge < -0.3 is 5.11 Å². The lowest BCUT2D eigenvalue weighted by molar-refractivity contribution is 0.0401. The van der Waals surface area contributed by atoms with E-state index in [1.165, 1.54) is 32.1 Å². The SMILES string of the molecule is CCCCC(CC)(CO)C(CC)CC. The van der Waals surface area contributed by atoms with E-state index >= 15 is 0 Å². The molecule has 14 heavy (non-hydrogen) atoms. The van der Waals surface area contributed by atoms with E-state index in [1.54, 1.807) is 0 Å². The highest BCUT2D eigenvalue weighted by atomic mass is 16.3. The van der Waals surface area contributed by atoms with Crippen molar-refractivity contribution < 1.29 is 5.11 Å². The second-order valence-electron chi connectivity index (χ2n) is 4.49. The second kappa shape index (κ2) is 7.28. The van der Waals surface area contributed by atoms with Gasteiger partial charge in [0.05, 0.1) is 0 Å². The minimum absolute atomic E-state index is 0.208. The van der Waals surface area contributed by atoms with Crippen LogP contribution in [0.2, 0.25) is 0 Å². The first-order valence-corrected chi connectivity index (χ1v) is 6.31. The third kappa shape index (κ3) is 3.27. The van der Waals surface area contributed by atoms with Crippen LogP contribution in [-0.4, -0.2) is 11.7 Å². The summed E-state index contributed by atoms with van der Waals surface area (Å²) in [7, 11) is 0. The molecule has 1 heteroatoms. The average molecular weight is 200 g/mol. The van der Waals surface area contributed by atoms with Crippen molar-refractivity contribution in [2.24, 2.45) is 11.3 Å². The Balaban J connectivity index is 4.47. The largest absolute Gasteiger partial charge is 0.396 e. The van der Waals surface area contributed by atoms with E-state index in [0.29, 0.717) is 12.5 Å².